The number of halogens is 4. The Kier molecular flexibility index (Phi) is 3.73. The van der Waals surface area contributed by atoms with Gasteiger partial charge >= 0.3 is 6.18 Å². The van der Waals surface area contributed by atoms with E-state index in [9.17, 15) is 13.2 Å². The van der Waals surface area contributed by atoms with Gasteiger partial charge in [0.25, 0.3) is 0 Å². The number of H-pyrrole nitrogens is 1. The molecule has 0 aliphatic rings. The molecule has 1 aromatic carbocycles. The Balaban J connectivity index is 1.77. The molecule has 0 fully saturated rings. The van der Waals surface area contributed by atoms with E-state index in [1.54, 1.807) is 29.8 Å². The Morgan fingerprint density at radius 2 is 1.85 bits per heavy atom. The first-order valence-electron chi connectivity index (χ1n) is 7.54. The lowest BCUT2D eigenvalue weighted by Crippen LogP contribution is -2.05. The molecule has 0 spiro atoms. The van der Waals surface area contributed by atoms with Crippen LogP contribution < -0.4 is 0 Å². The Hall–Kier alpha value is -2.87. The first-order valence-corrected chi connectivity index (χ1v) is 7.92. The van der Waals surface area contributed by atoms with Crippen LogP contribution in [0.4, 0.5) is 13.2 Å². The van der Waals surface area contributed by atoms with Crippen molar-refractivity contribution in [2.24, 2.45) is 7.05 Å². The number of pyridine rings is 1. The van der Waals surface area contributed by atoms with Gasteiger partial charge in [-0.05, 0) is 24.3 Å². The van der Waals surface area contributed by atoms with Crippen LogP contribution in [0.15, 0.2) is 42.6 Å². The number of hydrogen-bond acceptors (Lipinski definition) is 3. The summed E-state index contributed by atoms with van der Waals surface area (Å²) in [5, 5.41) is 7.72. The molecule has 0 unspecified atom stereocenters. The molecule has 0 saturated carbocycles. The van der Waals surface area contributed by atoms with E-state index in [1.807, 2.05) is 12.1 Å². The van der Waals surface area contributed by atoms with E-state index in [0.29, 0.717) is 27.9 Å². The van der Waals surface area contributed by atoms with Gasteiger partial charge in [0, 0.05) is 23.8 Å². The summed E-state index contributed by atoms with van der Waals surface area (Å²) in [6.07, 6.45) is -3.66. The van der Waals surface area contributed by atoms with Crippen LogP contribution in [0.5, 0.6) is 0 Å². The van der Waals surface area contributed by atoms with Gasteiger partial charge in [0.1, 0.15) is 11.2 Å². The second kappa shape index (κ2) is 5.84. The van der Waals surface area contributed by atoms with Crippen molar-refractivity contribution in [1.29, 1.82) is 0 Å². The van der Waals surface area contributed by atoms with Crippen LogP contribution in [0.3, 0.4) is 0 Å². The van der Waals surface area contributed by atoms with E-state index in [-0.39, 0.29) is 5.52 Å². The zero-order valence-corrected chi connectivity index (χ0v) is 14.1. The van der Waals surface area contributed by atoms with Crippen LogP contribution in [0, 0.1) is 0 Å². The molecule has 3 heterocycles. The minimum Gasteiger partial charge on any atom is -0.311 e. The van der Waals surface area contributed by atoms with Crippen molar-refractivity contribution in [2.75, 3.05) is 0 Å². The summed E-state index contributed by atoms with van der Waals surface area (Å²) in [5.41, 5.74) is 1.79. The number of nitrogens with one attached hydrogen (secondary N) is 1. The average Bonchev–Trinajstić information content (AvgIpc) is 3.20. The quantitative estimate of drug-likeness (QED) is 0.551. The van der Waals surface area contributed by atoms with Gasteiger partial charge in [-0.2, -0.15) is 18.3 Å². The summed E-state index contributed by atoms with van der Waals surface area (Å²) in [7, 11) is 1.69. The molecule has 5 nitrogen and oxygen atoms in total. The molecule has 0 saturated heterocycles. The number of benzene rings is 1. The van der Waals surface area contributed by atoms with E-state index in [1.165, 1.54) is 0 Å². The van der Waals surface area contributed by atoms with Gasteiger partial charge in [-0.3, -0.25) is 5.10 Å². The van der Waals surface area contributed by atoms with Crippen molar-refractivity contribution >= 4 is 22.8 Å². The summed E-state index contributed by atoms with van der Waals surface area (Å²) in [6.45, 7) is 0. The summed E-state index contributed by atoms with van der Waals surface area (Å²) in [5.74, 6) is 0.444. The first kappa shape index (κ1) is 16.6. The van der Waals surface area contributed by atoms with E-state index in [4.69, 9.17) is 11.6 Å². The van der Waals surface area contributed by atoms with Gasteiger partial charge in [0.15, 0.2) is 11.5 Å². The highest BCUT2D eigenvalue weighted by Gasteiger charge is 2.31. The highest BCUT2D eigenvalue weighted by Crippen LogP contribution is 2.31. The molecule has 26 heavy (non-hydrogen) atoms. The monoisotopic (exact) mass is 377 g/mol. The lowest BCUT2D eigenvalue weighted by Gasteiger charge is -2.05. The van der Waals surface area contributed by atoms with Crippen LogP contribution in [0.2, 0.25) is 5.02 Å². The van der Waals surface area contributed by atoms with Gasteiger partial charge in [-0.15, -0.1) is 0 Å². The standard InChI is InChI=1S/C17H11ClF3N5/c1-26-15-13(6-10(8-22-15)17(19,20)21)23-16(26)14-7-12(24-25-14)9-2-4-11(18)5-3-9/h2-8H,1H3,(H,24,25). The van der Waals surface area contributed by atoms with E-state index < -0.39 is 11.7 Å². The summed E-state index contributed by atoms with van der Waals surface area (Å²) >= 11 is 5.88. The minimum atomic E-state index is -4.46. The van der Waals surface area contributed by atoms with Crippen LogP contribution in [-0.2, 0) is 13.2 Å². The fourth-order valence-corrected chi connectivity index (χ4v) is 2.80. The van der Waals surface area contributed by atoms with Gasteiger partial charge in [-0.1, -0.05) is 23.7 Å². The van der Waals surface area contributed by atoms with Gasteiger partial charge < -0.3 is 4.57 Å². The number of alkyl halides is 3. The van der Waals surface area contributed by atoms with E-state index >= 15 is 0 Å². The summed E-state index contributed by atoms with van der Waals surface area (Å²) in [6, 6.07) is 9.92. The van der Waals surface area contributed by atoms with E-state index in [2.05, 4.69) is 20.2 Å². The van der Waals surface area contributed by atoms with Crippen molar-refractivity contribution in [3.8, 4) is 22.8 Å². The molecule has 0 atom stereocenters. The molecule has 0 aliphatic heterocycles. The number of aromatic nitrogens is 5. The molecular formula is C17H11ClF3N5. The summed E-state index contributed by atoms with van der Waals surface area (Å²) < 4.78 is 40.2. The number of imidazole rings is 1. The van der Waals surface area contributed by atoms with Crippen molar-refractivity contribution < 1.29 is 13.2 Å². The number of aromatic amines is 1. The highest BCUT2D eigenvalue weighted by atomic mass is 35.5. The minimum absolute atomic E-state index is 0.167. The number of fused-ring (bicyclic) bond motifs is 1. The Morgan fingerprint density at radius 3 is 2.54 bits per heavy atom. The molecule has 132 valence electrons. The maximum absolute atomic E-state index is 12.9. The average molecular weight is 378 g/mol. The third-order valence-corrected chi connectivity index (χ3v) is 4.25. The number of rotatable bonds is 2. The Morgan fingerprint density at radius 1 is 1.12 bits per heavy atom. The smallest absolute Gasteiger partial charge is 0.311 e. The van der Waals surface area contributed by atoms with Crippen LogP contribution in [0.1, 0.15) is 5.56 Å². The third kappa shape index (κ3) is 2.82. The molecule has 0 radical (unpaired) electrons. The van der Waals surface area contributed by atoms with Crippen LogP contribution in [0.25, 0.3) is 33.9 Å². The molecule has 4 aromatic rings. The van der Waals surface area contributed by atoms with Crippen molar-refractivity contribution in [3.05, 3.63) is 53.2 Å². The molecule has 1 N–H and O–H groups in total. The van der Waals surface area contributed by atoms with Gasteiger partial charge in [-0.25, -0.2) is 9.97 Å². The van der Waals surface area contributed by atoms with Gasteiger partial charge in [0.05, 0.1) is 11.3 Å². The number of aryl methyl sites for hydroxylation is 1. The molecule has 9 heteroatoms. The predicted molar refractivity (Wildman–Crippen MR) is 91.5 cm³/mol. The maximum Gasteiger partial charge on any atom is 0.417 e. The fourth-order valence-electron chi connectivity index (χ4n) is 2.68. The van der Waals surface area contributed by atoms with Crippen LogP contribution in [-0.4, -0.2) is 24.7 Å². The number of nitrogens with zero attached hydrogens (tertiary/aromatic N) is 4. The van der Waals surface area contributed by atoms with Crippen molar-refractivity contribution in [1.82, 2.24) is 24.7 Å². The lowest BCUT2D eigenvalue weighted by atomic mass is 10.1. The number of hydrogen-bond donors (Lipinski definition) is 1. The predicted octanol–water partition coefficient (Wildman–Crippen LogP) is 4.70. The summed E-state index contributed by atoms with van der Waals surface area (Å²) in [4.78, 5) is 8.19. The SMILES string of the molecule is Cn1c(-c2cc(-c3ccc(Cl)cc3)n[nH]2)nc2cc(C(F)(F)F)cnc21. The topological polar surface area (TPSA) is 59.4 Å². The zero-order valence-electron chi connectivity index (χ0n) is 13.3. The second-order valence-electron chi connectivity index (χ2n) is 5.73. The fraction of sp³-hybridized carbons (Fsp3) is 0.118. The molecule has 0 amide bonds. The van der Waals surface area contributed by atoms with Crippen LogP contribution >= 0.6 is 11.6 Å². The van der Waals surface area contributed by atoms with Crippen molar-refractivity contribution in [3.63, 3.8) is 0 Å². The molecule has 0 aliphatic carbocycles. The lowest BCUT2D eigenvalue weighted by molar-refractivity contribution is -0.137. The molecule has 0 bridgehead atoms. The Labute approximate surface area is 150 Å². The molecule has 4 rings (SSSR count). The van der Waals surface area contributed by atoms with Gasteiger partial charge in [0.2, 0.25) is 0 Å². The first-order chi connectivity index (χ1) is 12.3. The molecule has 3 aromatic heterocycles. The largest absolute Gasteiger partial charge is 0.417 e. The highest BCUT2D eigenvalue weighted by molar-refractivity contribution is 6.30. The second-order valence-corrected chi connectivity index (χ2v) is 6.17. The Bertz CT molecular complexity index is 1100. The van der Waals surface area contributed by atoms with E-state index in [0.717, 1.165) is 17.8 Å². The maximum atomic E-state index is 12.9. The normalized spacial score (nSPS) is 12.0. The van der Waals surface area contributed by atoms with Crippen molar-refractivity contribution in [2.45, 2.75) is 6.18 Å². The zero-order chi connectivity index (χ0) is 18.5. The third-order valence-electron chi connectivity index (χ3n) is 4.00. The molecular weight excluding hydrogens is 367 g/mol.